The maximum atomic E-state index is 9.92. The Hall–Kier alpha value is -2.86. The van der Waals surface area contributed by atoms with Crippen molar-refractivity contribution in [2.75, 3.05) is 43.1 Å². The van der Waals surface area contributed by atoms with Gasteiger partial charge in [-0.2, -0.15) is 0 Å². The van der Waals surface area contributed by atoms with Crippen molar-refractivity contribution in [2.45, 2.75) is 56.5 Å². The summed E-state index contributed by atoms with van der Waals surface area (Å²) < 4.78 is 5.64. The molecule has 6 heteroatoms. The molecule has 34 heavy (non-hydrogen) atoms. The van der Waals surface area contributed by atoms with E-state index in [1.54, 1.807) is 7.11 Å². The molecule has 178 valence electrons. The number of benzene rings is 2. The minimum absolute atomic E-state index is 0.166. The summed E-state index contributed by atoms with van der Waals surface area (Å²) in [6, 6.07) is 15.1. The second-order valence-electron chi connectivity index (χ2n) is 10.1. The molecule has 3 aliphatic rings. The number of nitrogens with zero attached hydrogens (tertiary/aromatic N) is 4. The van der Waals surface area contributed by atoms with Gasteiger partial charge in [-0.25, -0.2) is 9.97 Å². The molecule has 3 heterocycles. The summed E-state index contributed by atoms with van der Waals surface area (Å²) >= 11 is 0. The highest BCUT2D eigenvalue weighted by atomic mass is 16.5. The molecule has 0 unspecified atom stereocenters. The van der Waals surface area contributed by atoms with Gasteiger partial charge in [0.1, 0.15) is 17.4 Å². The fraction of sp³-hybridized carbons (Fsp3) is 0.500. The van der Waals surface area contributed by atoms with Crippen LogP contribution in [0.1, 0.15) is 61.7 Å². The van der Waals surface area contributed by atoms with Crippen LogP contribution in [0.4, 0.5) is 11.5 Å². The molecule has 0 spiro atoms. The number of aliphatic hydroxyl groups is 1. The van der Waals surface area contributed by atoms with Crippen molar-refractivity contribution >= 4 is 22.4 Å². The van der Waals surface area contributed by atoms with Crippen LogP contribution in [0, 0.1) is 0 Å². The van der Waals surface area contributed by atoms with Gasteiger partial charge in [-0.1, -0.05) is 18.2 Å². The van der Waals surface area contributed by atoms with Gasteiger partial charge in [0.15, 0.2) is 0 Å². The Labute approximate surface area is 201 Å². The topological polar surface area (TPSA) is 61.7 Å². The van der Waals surface area contributed by atoms with Gasteiger partial charge in [-0.05, 0) is 74.3 Å². The Bertz CT molecular complexity index is 1160. The molecule has 1 saturated carbocycles. The molecule has 0 radical (unpaired) electrons. The second-order valence-corrected chi connectivity index (χ2v) is 10.1. The molecule has 3 fully saturated rings. The fourth-order valence-electron chi connectivity index (χ4n) is 5.61. The minimum Gasteiger partial charge on any atom is -0.496 e. The molecule has 0 bridgehead atoms. The van der Waals surface area contributed by atoms with Crippen LogP contribution in [-0.2, 0) is 0 Å². The third-order valence-electron chi connectivity index (χ3n) is 7.82. The van der Waals surface area contributed by atoms with Crippen LogP contribution in [0.3, 0.4) is 0 Å². The molecule has 6 rings (SSSR count). The molecular weight excluding hydrogens is 424 g/mol. The van der Waals surface area contributed by atoms with E-state index in [1.165, 1.54) is 24.1 Å². The SMILES string of the molecule is COc1ccccc1C1CCN(c2nc(C3CC3)nc3ccc(N4CCC(O)CC4)cc23)CC1. The van der Waals surface area contributed by atoms with E-state index in [-0.39, 0.29) is 6.10 Å². The number of piperidine rings is 2. The second kappa shape index (κ2) is 9.06. The average Bonchev–Trinajstić information content (AvgIpc) is 3.74. The summed E-state index contributed by atoms with van der Waals surface area (Å²) in [5, 5.41) is 11.1. The molecular formula is C28H34N4O2. The Morgan fingerprint density at radius 3 is 2.29 bits per heavy atom. The number of anilines is 2. The largest absolute Gasteiger partial charge is 0.496 e. The lowest BCUT2D eigenvalue weighted by Crippen LogP contribution is -2.36. The first-order chi connectivity index (χ1) is 16.7. The van der Waals surface area contributed by atoms with Gasteiger partial charge in [0.25, 0.3) is 0 Å². The number of aliphatic hydroxyl groups excluding tert-OH is 1. The standard InChI is InChI=1S/C28H34N4O2/c1-34-26-5-3-2-4-23(26)19-10-14-32(15-11-19)28-24-18-21(31-16-12-22(33)13-17-31)8-9-25(24)29-27(30-28)20-6-7-20/h2-5,8-9,18-20,22,33H,6-7,10-17H2,1H3. The Kier molecular flexibility index (Phi) is 5.77. The normalized spacial score (nSPS) is 20.2. The molecule has 0 amide bonds. The van der Waals surface area contributed by atoms with E-state index in [4.69, 9.17) is 14.7 Å². The smallest absolute Gasteiger partial charge is 0.140 e. The average molecular weight is 459 g/mol. The summed E-state index contributed by atoms with van der Waals surface area (Å²) in [6.45, 7) is 3.76. The van der Waals surface area contributed by atoms with Crippen molar-refractivity contribution in [3.63, 3.8) is 0 Å². The highest BCUT2D eigenvalue weighted by Gasteiger charge is 2.30. The molecule has 2 aliphatic heterocycles. The predicted octanol–water partition coefficient (Wildman–Crippen LogP) is 4.86. The number of para-hydroxylation sites is 1. The molecule has 1 N–H and O–H groups in total. The van der Waals surface area contributed by atoms with Crippen LogP contribution < -0.4 is 14.5 Å². The van der Waals surface area contributed by atoms with Crippen molar-refractivity contribution in [2.24, 2.45) is 0 Å². The zero-order chi connectivity index (χ0) is 23.1. The van der Waals surface area contributed by atoms with Gasteiger partial charge in [0, 0.05) is 43.2 Å². The van der Waals surface area contributed by atoms with Gasteiger partial charge >= 0.3 is 0 Å². The Morgan fingerprint density at radius 1 is 0.824 bits per heavy atom. The monoisotopic (exact) mass is 458 g/mol. The summed E-state index contributed by atoms with van der Waals surface area (Å²) in [6.07, 6.45) is 6.09. The van der Waals surface area contributed by atoms with Crippen LogP contribution >= 0.6 is 0 Å². The molecule has 2 saturated heterocycles. The Morgan fingerprint density at radius 2 is 1.56 bits per heavy atom. The maximum Gasteiger partial charge on any atom is 0.140 e. The lowest BCUT2D eigenvalue weighted by molar-refractivity contribution is 0.145. The van der Waals surface area contributed by atoms with E-state index in [0.29, 0.717) is 11.8 Å². The van der Waals surface area contributed by atoms with Crippen molar-refractivity contribution in [1.29, 1.82) is 0 Å². The van der Waals surface area contributed by atoms with Crippen molar-refractivity contribution in [3.05, 3.63) is 53.9 Å². The summed E-state index contributed by atoms with van der Waals surface area (Å²) in [4.78, 5) is 15.0. The summed E-state index contributed by atoms with van der Waals surface area (Å²) in [7, 11) is 1.76. The number of ether oxygens (including phenoxy) is 1. The molecule has 3 aromatic rings. The van der Waals surface area contributed by atoms with Gasteiger partial charge in [-0.15, -0.1) is 0 Å². The quantitative estimate of drug-likeness (QED) is 0.589. The molecule has 2 aromatic carbocycles. The number of hydrogen-bond acceptors (Lipinski definition) is 6. The molecule has 6 nitrogen and oxygen atoms in total. The highest BCUT2D eigenvalue weighted by molar-refractivity contribution is 5.92. The molecule has 1 aliphatic carbocycles. The van der Waals surface area contributed by atoms with Crippen molar-refractivity contribution in [1.82, 2.24) is 9.97 Å². The van der Waals surface area contributed by atoms with E-state index in [1.807, 2.05) is 6.07 Å². The van der Waals surface area contributed by atoms with Crippen LogP contribution in [0.5, 0.6) is 5.75 Å². The van der Waals surface area contributed by atoms with Crippen LogP contribution in [-0.4, -0.2) is 54.5 Å². The highest BCUT2D eigenvalue weighted by Crippen LogP contribution is 2.42. The van der Waals surface area contributed by atoms with Gasteiger partial charge in [0.05, 0.1) is 18.7 Å². The van der Waals surface area contributed by atoms with Crippen LogP contribution in [0.2, 0.25) is 0 Å². The third kappa shape index (κ3) is 4.20. The van der Waals surface area contributed by atoms with Crippen molar-refractivity contribution < 1.29 is 9.84 Å². The first-order valence-electron chi connectivity index (χ1n) is 12.8. The van der Waals surface area contributed by atoms with Crippen LogP contribution in [0.15, 0.2) is 42.5 Å². The van der Waals surface area contributed by atoms with Crippen LogP contribution in [0.25, 0.3) is 10.9 Å². The minimum atomic E-state index is -0.166. The summed E-state index contributed by atoms with van der Waals surface area (Å²) in [5.74, 6) is 4.16. The van der Waals surface area contributed by atoms with Crippen molar-refractivity contribution in [3.8, 4) is 5.75 Å². The molecule has 1 aromatic heterocycles. The number of rotatable bonds is 5. The van der Waals surface area contributed by atoms with E-state index in [0.717, 1.165) is 80.2 Å². The van der Waals surface area contributed by atoms with Gasteiger partial charge < -0.3 is 19.6 Å². The summed E-state index contributed by atoms with van der Waals surface area (Å²) in [5.41, 5.74) is 3.59. The maximum absolute atomic E-state index is 9.92. The first-order valence-corrected chi connectivity index (χ1v) is 12.8. The van der Waals surface area contributed by atoms with Gasteiger partial charge in [-0.3, -0.25) is 0 Å². The number of fused-ring (bicyclic) bond motifs is 1. The van der Waals surface area contributed by atoms with E-state index in [9.17, 15) is 5.11 Å². The lowest BCUT2D eigenvalue weighted by atomic mass is 9.88. The zero-order valence-corrected chi connectivity index (χ0v) is 20.0. The number of methoxy groups -OCH3 is 1. The zero-order valence-electron chi connectivity index (χ0n) is 20.0. The first kappa shape index (κ1) is 21.7. The molecule has 0 atom stereocenters. The number of aromatic nitrogens is 2. The van der Waals surface area contributed by atoms with E-state index >= 15 is 0 Å². The predicted molar refractivity (Wildman–Crippen MR) is 136 cm³/mol. The van der Waals surface area contributed by atoms with E-state index in [2.05, 4.69) is 46.2 Å². The van der Waals surface area contributed by atoms with Gasteiger partial charge in [0.2, 0.25) is 0 Å². The number of hydrogen-bond donors (Lipinski definition) is 1. The fourth-order valence-corrected chi connectivity index (χ4v) is 5.61. The lowest BCUT2D eigenvalue weighted by Gasteiger charge is -2.35. The van der Waals surface area contributed by atoms with E-state index < -0.39 is 0 Å². The Balaban J connectivity index is 1.30. The third-order valence-corrected chi connectivity index (χ3v) is 7.82.